The Kier molecular flexibility index (Phi) is 6.63. The van der Waals surface area contributed by atoms with Crippen LogP contribution in [-0.2, 0) is 6.54 Å². The lowest BCUT2D eigenvalue weighted by molar-refractivity contribution is 0.246. The highest BCUT2D eigenvalue weighted by Crippen LogP contribution is 2.26. The summed E-state index contributed by atoms with van der Waals surface area (Å²) in [5.41, 5.74) is 0.637. The van der Waals surface area contributed by atoms with Crippen molar-refractivity contribution in [3.8, 4) is 5.75 Å². The highest BCUT2D eigenvalue weighted by Gasteiger charge is 2.22. The third kappa shape index (κ3) is 5.17. The molecular weight excluding hydrogens is 407 g/mol. The number of ether oxygens (including phenoxy) is 1. The standard InChI is InChI=1S/C20H27FN6O2S/c1-29-16-6-7-17(21)14(12-16)13-26-8-10-27(11-9-26)20-25-24-19(30-20)23-18(28)22-15-4-2-3-5-15/h6-7,12,15H,2-5,8-11,13H2,1H3,(H2,22,23,24,28). The predicted octanol–water partition coefficient (Wildman–Crippen LogP) is 3.07. The van der Waals surface area contributed by atoms with E-state index in [-0.39, 0.29) is 17.9 Å². The average molecular weight is 435 g/mol. The second-order valence-corrected chi connectivity index (χ2v) is 8.65. The quantitative estimate of drug-likeness (QED) is 0.727. The van der Waals surface area contributed by atoms with Crippen LogP contribution in [0.2, 0.25) is 0 Å². The van der Waals surface area contributed by atoms with Crippen molar-refractivity contribution in [3.63, 3.8) is 0 Å². The fourth-order valence-corrected chi connectivity index (χ4v) is 4.71. The Labute approximate surface area is 179 Å². The number of carbonyl (C=O) groups excluding carboxylic acids is 1. The van der Waals surface area contributed by atoms with Crippen molar-refractivity contribution in [3.05, 3.63) is 29.6 Å². The number of anilines is 2. The molecule has 1 aliphatic heterocycles. The van der Waals surface area contributed by atoms with Crippen molar-refractivity contribution in [1.82, 2.24) is 20.4 Å². The number of piperazine rings is 1. The molecule has 1 saturated heterocycles. The SMILES string of the molecule is COc1ccc(F)c(CN2CCN(c3nnc(NC(=O)NC4CCCC4)s3)CC2)c1. The van der Waals surface area contributed by atoms with Gasteiger partial charge < -0.3 is 15.0 Å². The monoisotopic (exact) mass is 434 g/mol. The summed E-state index contributed by atoms with van der Waals surface area (Å²) in [7, 11) is 1.58. The fourth-order valence-electron chi connectivity index (χ4n) is 3.92. The summed E-state index contributed by atoms with van der Waals surface area (Å²) >= 11 is 1.37. The minimum absolute atomic E-state index is 0.213. The summed E-state index contributed by atoms with van der Waals surface area (Å²) in [6.07, 6.45) is 4.42. The largest absolute Gasteiger partial charge is 0.497 e. The Morgan fingerprint density at radius 1 is 1.23 bits per heavy atom. The van der Waals surface area contributed by atoms with E-state index in [1.54, 1.807) is 19.2 Å². The van der Waals surface area contributed by atoms with E-state index in [4.69, 9.17) is 4.74 Å². The highest BCUT2D eigenvalue weighted by molar-refractivity contribution is 7.19. The molecule has 2 N–H and O–H groups in total. The van der Waals surface area contributed by atoms with E-state index in [1.807, 2.05) is 0 Å². The highest BCUT2D eigenvalue weighted by atomic mass is 32.1. The van der Waals surface area contributed by atoms with Crippen LogP contribution in [0.4, 0.5) is 19.4 Å². The lowest BCUT2D eigenvalue weighted by atomic mass is 10.1. The lowest BCUT2D eigenvalue weighted by Gasteiger charge is -2.34. The summed E-state index contributed by atoms with van der Waals surface area (Å²) in [6, 6.07) is 4.88. The van der Waals surface area contributed by atoms with E-state index in [1.165, 1.54) is 30.2 Å². The summed E-state index contributed by atoms with van der Waals surface area (Å²) < 4.78 is 19.3. The Morgan fingerprint density at radius 3 is 2.73 bits per heavy atom. The van der Waals surface area contributed by atoms with Gasteiger partial charge in [0.2, 0.25) is 10.3 Å². The molecule has 10 heteroatoms. The Hall–Kier alpha value is -2.46. The minimum Gasteiger partial charge on any atom is -0.497 e. The number of benzene rings is 1. The van der Waals surface area contributed by atoms with E-state index in [0.717, 1.165) is 44.2 Å². The molecule has 2 aliphatic rings. The summed E-state index contributed by atoms with van der Waals surface area (Å²) in [4.78, 5) is 16.5. The maximum absolute atomic E-state index is 14.1. The molecule has 2 fully saturated rings. The maximum atomic E-state index is 14.1. The predicted molar refractivity (Wildman–Crippen MR) is 115 cm³/mol. The number of aromatic nitrogens is 2. The minimum atomic E-state index is -0.214. The van der Waals surface area contributed by atoms with E-state index < -0.39 is 0 Å². The summed E-state index contributed by atoms with van der Waals surface area (Å²) in [5, 5.41) is 15.4. The molecule has 30 heavy (non-hydrogen) atoms. The Bertz CT molecular complexity index is 865. The van der Waals surface area contributed by atoms with Gasteiger partial charge in [0.25, 0.3) is 0 Å². The van der Waals surface area contributed by atoms with Crippen LogP contribution in [0, 0.1) is 5.82 Å². The third-order valence-electron chi connectivity index (χ3n) is 5.61. The molecule has 8 nitrogen and oxygen atoms in total. The topological polar surface area (TPSA) is 82.6 Å². The molecule has 0 bridgehead atoms. The first-order valence-corrected chi connectivity index (χ1v) is 11.1. The van der Waals surface area contributed by atoms with Gasteiger partial charge in [0.15, 0.2) is 0 Å². The van der Waals surface area contributed by atoms with Gasteiger partial charge in [0.05, 0.1) is 7.11 Å². The van der Waals surface area contributed by atoms with Gasteiger partial charge in [-0.2, -0.15) is 0 Å². The van der Waals surface area contributed by atoms with Crippen LogP contribution in [0.15, 0.2) is 18.2 Å². The van der Waals surface area contributed by atoms with Gasteiger partial charge >= 0.3 is 6.03 Å². The molecule has 2 amide bonds. The summed E-state index contributed by atoms with van der Waals surface area (Å²) in [5.74, 6) is 0.449. The van der Waals surface area contributed by atoms with Gasteiger partial charge in [-0.1, -0.05) is 24.2 Å². The van der Waals surface area contributed by atoms with Crippen LogP contribution in [0.5, 0.6) is 5.75 Å². The van der Waals surface area contributed by atoms with Gasteiger partial charge in [-0.15, -0.1) is 10.2 Å². The van der Waals surface area contributed by atoms with Crippen LogP contribution in [0.1, 0.15) is 31.2 Å². The third-order valence-corrected chi connectivity index (χ3v) is 6.51. The van der Waals surface area contributed by atoms with Crippen molar-refractivity contribution in [2.24, 2.45) is 0 Å². The van der Waals surface area contributed by atoms with E-state index >= 15 is 0 Å². The number of rotatable bonds is 6. The lowest BCUT2D eigenvalue weighted by Crippen LogP contribution is -2.46. The Balaban J connectivity index is 1.27. The zero-order valence-corrected chi connectivity index (χ0v) is 17.9. The molecule has 1 aromatic carbocycles. The van der Waals surface area contributed by atoms with Crippen LogP contribution < -0.4 is 20.3 Å². The first kappa shape index (κ1) is 20.8. The van der Waals surface area contributed by atoms with Crippen LogP contribution in [-0.4, -0.2) is 60.5 Å². The number of hydrogen-bond acceptors (Lipinski definition) is 7. The normalized spacial score (nSPS) is 17.9. The number of urea groups is 1. The molecule has 0 atom stereocenters. The maximum Gasteiger partial charge on any atom is 0.321 e. The van der Waals surface area contributed by atoms with Crippen molar-refractivity contribution in [2.75, 3.05) is 43.5 Å². The molecule has 2 aromatic rings. The van der Waals surface area contributed by atoms with E-state index in [0.29, 0.717) is 23.0 Å². The van der Waals surface area contributed by atoms with Gasteiger partial charge in [-0.3, -0.25) is 10.2 Å². The molecule has 0 spiro atoms. The average Bonchev–Trinajstić information content (AvgIpc) is 3.42. The van der Waals surface area contributed by atoms with Gasteiger partial charge in [-0.25, -0.2) is 9.18 Å². The zero-order valence-electron chi connectivity index (χ0n) is 17.1. The molecule has 0 unspecified atom stereocenters. The molecule has 0 radical (unpaired) electrons. The first-order chi connectivity index (χ1) is 14.6. The smallest absolute Gasteiger partial charge is 0.321 e. The zero-order chi connectivity index (χ0) is 20.9. The van der Waals surface area contributed by atoms with Gasteiger partial charge in [-0.05, 0) is 31.0 Å². The second-order valence-electron chi connectivity index (χ2n) is 7.69. The van der Waals surface area contributed by atoms with E-state index in [2.05, 4.69) is 30.6 Å². The van der Waals surface area contributed by atoms with Crippen molar-refractivity contribution < 1.29 is 13.9 Å². The van der Waals surface area contributed by atoms with Crippen molar-refractivity contribution in [1.29, 1.82) is 0 Å². The van der Waals surface area contributed by atoms with Crippen LogP contribution >= 0.6 is 11.3 Å². The van der Waals surface area contributed by atoms with Crippen LogP contribution in [0.3, 0.4) is 0 Å². The second kappa shape index (κ2) is 9.57. The number of methoxy groups -OCH3 is 1. The van der Waals surface area contributed by atoms with Crippen LogP contribution in [0.25, 0.3) is 0 Å². The number of halogens is 1. The number of nitrogens with zero attached hydrogens (tertiary/aromatic N) is 4. The summed E-state index contributed by atoms with van der Waals surface area (Å²) in [6.45, 7) is 3.67. The first-order valence-electron chi connectivity index (χ1n) is 10.3. The molecule has 1 saturated carbocycles. The number of amides is 2. The van der Waals surface area contributed by atoms with Crippen molar-refractivity contribution >= 4 is 27.6 Å². The van der Waals surface area contributed by atoms with Crippen molar-refractivity contribution in [2.45, 2.75) is 38.3 Å². The molecular formula is C20H27FN6O2S. The van der Waals surface area contributed by atoms with E-state index in [9.17, 15) is 9.18 Å². The van der Waals surface area contributed by atoms with Gasteiger partial charge in [0.1, 0.15) is 11.6 Å². The fraction of sp³-hybridized carbons (Fsp3) is 0.550. The molecule has 2 heterocycles. The number of nitrogens with one attached hydrogen (secondary N) is 2. The Morgan fingerprint density at radius 2 is 2.00 bits per heavy atom. The molecule has 1 aromatic heterocycles. The number of carbonyl (C=O) groups is 1. The molecule has 162 valence electrons. The van der Waals surface area contributed by atoms with Gasteiger partial charge in [0, 0.05) is 44.3 Å². The number of hydrogen-bond donors (Lipinski definition) is 2. The molecule has 1 aliphatic carbocycles. The molecule has 4 rings (SSSR count).